The lowest BCUT2D eigenvalue weighted by molar-refractivity contribution is 0.261. The predicted octanol–water partition coefficient (Wildman–Crippen LogP) is 9.29. The Morgan fingerprint density at radius 3 is 1.36 bits per heavy atom. The monoisotopic (exact) mass is 459 g/mol. The van der Waals surface area contributed by atoms with Crippen LogP contribution in [-0.2, 0) is 0 Å². The summed E-state index contributed by atoms with van der Waals surface area (Å²) in [7, 11) is 0. The average Bonchev–Trinajstić information content (AvgIpc) is 2.79. The lowest BCUT2D eigenvalue weighted by atomic mass is 10.2. The molecule has 0 atom stereocenters. The van der Waals surface area contributed by atoms with Gasteiger partial charge in [-0.1, -0.05) is 101 Å². The topological polar surface area (TPSA) is 59.5 Å². The highest BCUT2D eigenvalue weighted by Crippen LogP contribution is 2.02. The molecule has 0 N–H and O–H groups in total. The van der Waals surface area contributed by atoms with Gasteiger partial charge in [-0.25, -0.2) is 0 Å². The molecule has 0 amide bonds. The molecule has 0 aromatic heterocycles. The minimum Gasteiger partial charge on any atom is -0.303 e. The van der Waals surface area contributed by atoms with Crippen molar-refractivity contribution in [2.24, 2.45) is 5.92 Å². The summed E-state index contributed by atoms with van der Waals surface area (Å²) in [5, 5.41) is 16.7. The molecule has 0 saturated heterocycles. The fourth-order valence-corrected chi connectivity index (χ4v) is 1.95. The van der Waals surface area contributed by atoms with Crippen molar-refractivity contribution in [2.75, 3.05) is 19.6 Å². The summed E-state index contributed by atoms with van der Waals surface area (Å²) in [4.78, 5) is 8.43. The van der Waals surface area contributed by atoms with E-state index in [0.29, 0.717) is 0 Å². The second-order valence-electron chi connectivity index (χ2n) is 6.77. The van der Waals surface area contributed by atoms with Crippen LogP contribution in [0.2, 0.25) is 0 Å². The maximum atomic E-state index is 8.34. The highest BCUT2D eigenvalue weighted by molar-refractivity contribution is 5.25. The molecular formula is C28H53N5. The SMILES string of the molecule is C.C.C.CCCC.CCCCN(CCCC)CCCC.[C-]#[N+]C(=CC=CC(C#N)C#N)[N+]#[C-]. The molecule has 0 rings (SSSR count). The number of hydrogen-bond acceptors (Lipinski definition) is 3. The normalized spacial score (nSPS) is 8.45. The zero-order valence-electron chi connectivity index (χ0n) is 19.8. The van der Waals surface area contributed by atoms with Crippen LogP contribution in [0.1, 0.15) is 108 Å². The molecule has 0 radical (unpaired) electrons. The molecule has 0 spiro atoms. The second-order valence-corrected chi connectivity index (χ2v) is 6.77. The molecule has 0 aliphatic carbocycles. The summed E-state index contributed by atoms with van der Waals surface area (Å²) in [5.74, 6) is -0.917. The van der Waals surface area contributed by atoms with E-state index >= 15 is 0 Å². The van der Waals surface area contributed by atoms with Crippen molar-refractivity contribution in [3.05, 3.63) is 46.9 Å². The van der Waals surface area contributed by atoms with Crippen LogP contribution in [0.15, 0.2) is 24.0 Å². The van der Waals surface area contributed by atoms with Gasteiger partial charge in [0.2, 0.25) is 0 Å². The number of nitriles is 2. The Morgan fingerprint density at radius 1 is 0.758 bits per heavy atom. The van der Waals surface area contributed by atoms with Crippen molar-refractivity contribution in [3.8, 4) is 12.1 Å². The van der Waals surface area contributed by atoms with Crippen LogP contribution in [-0.4, -0.2) is 24.5 Å². The van der Waals surface area contributed by atoms with Gasteiger partial charge >= 0.3 is 5.82 Å². The molecule has 0 aliphatic heterocycles. The zero-order chi connectivity index (χ0) is 23.5. The molecule has 190 valence electrons. The number of hydrogen-bond donors (Lipinski definition) is 0. The predicted molar refractivity (Wildman–Crippen MR) is 147 cm³/mol. The highest BCUT2D eigenvalue weighted by atomic mass is 15.1. The molecule has 0 heterocycles. The maximum Gasteiger partial charge on any atom is 0.519 e. The standard InChI is InChI=1S/C12H27N.C9H4N4.C4H10.3CH4/c1-4-7-10-13(11-8-5-2)12-9-6-3;1-12-9(13-2)5-3-4-8(6-10)7-11;1-3-4-2;;;/h4-12H2,1-3H3;3-5,8H;3-4H2,1-2H3;3*1H4. The Morgan fingerprint density at radius 2 is 1.12 bits per heavy atom. The molecule has 0 saturated carbocycles. The van der Waals surface area contributed by atoms with Gasteiger partial charge in [-0.3, -0.25) is 0 Å². The number of rotatable bonds is 12. The van der Waals surface area contributed by atoms with E-state index < -0.39 is 5.92 Å². The van der Waals surface area contributed by atoms with Crippen LogP contribution in [0, 0.1) is 41.7 Å². The molecule has 33 heavy (non-hydrogen) atoms. The third-order valence-corrected chi connectivity index (χ3v) is 4.04. The van der Waals surface area contributed by atoms with Gasteiger partial charge < -0.3 is 4.90 Å². The Labute approximate surface area is 208 Å². The molecule has 0 unspecified atom stereocenters. The molecule has 5 heteroatoms. The highest BCUT2D eigenvalue weighted by Gasteiger charge is 2.02. The Bertz CT molecular complexity index is 543. The van der Waals surface area contributed by atoms with Gasteiger partial charge in [0.1, 0.15) is 13.1 Å². The van der Waals surface area contributed by atoms with E-state index in [4.69, 9.17) is 23.7 Å². The van der Waals surface area contributed by atoms with Crippen LogP contribution in [0.5, 0.6) is 0 Å². The fourth-order valence-electron chi connectivity index (χ4n) is 1.95. The summed E-state index contributed by atoms with van der Waals surface area (Å²) in [6.07, 6.45) is 14.7. The summed E-state index contributed by atoms with van der Waals surface area (Å²) < 4.78 is 0. The Kier molecular flexibility index (Phi) is 53.3. The largest absolute Gasteiger partial charge is 0.519 e. The van der Waals surface area contributed by atoms with Gasteiger partial charge in [0.05, 0.1) is 12.1 Å². The van der Waals surface area contributed by atoms with Gasteiger partial charge in [-0.15, -0.1) is 0 Å². The van der Waals surface area contributed by atoms with Crippen LogP contribution in [0.4, 0.5) is 0 Å². The van der Waals surface area contributed by atoms with Crippen LogP contribution < -0.4 is 0 Å². The first-order valence-electron chi connectivity index (χ1n) is 11.2. The minimum atomic E-state index is -0.825. The van der Waals surface area contributed by atoms with Gasteiger partial charge in [0, 0.05) is 6.08 Å². The van der Waals surface area contributed by atoms with E-state index in [1.807, 2.05) is 0 Å². The van der Waals surface area contributed by atoms with Gasteiger partial charge in [0.25, 0.3) is 0 Å². The maximum absolute atomic E-state index is 8.34. The van der Waals surface area contributed by atoms with E-state index in [-0.39, 0.29) is 28.1 Å². The zero-order valence-corrected chi connectivity index (χ0v) is 19.8. The Hall–Kier alpha value is -2.60. The lowest BCUT2D eigenvalue weighted by Gasteiger charge is -2.21. The minimum absolute atomic E-state index is 0. The van der Waals surface area contributed by atoms with E-state index in [0.717, 1.165) is 0 Å². The average molecular weight is 460 g/mol. The quantitative estimate of drug-likeness (QED) is 0.216. The van der Waals surface area contributed by atoms with Crippen LogP contribution in [0.25, 0.3) is 9.69 Å². The number of nitrogens with zero attached hydrogens (tertiary/aromatic N) is 5. The van der Waals surface area contributed by atoms with Crippen molar-refractivity contribution in [2.45, 2.75) is 108 Å². The summed E-state index contributed by atoms with van der Waals surface area (Å²) in [6, 6.07) is 3.46. The van der Waals surface area contributed by atoms with Crippen molar-refractivity contribution in [1.29, 1.82) is 10.5 Å². The third kappa shape index (κ3) is 37.1. The molecule has 0 fully saturated rings. The first-order chi connectivity index (χ1) is 14.5. The molecule has 0 bridgehead atoms. The summed E-state index contributed by atoms with van der Waals surface area (Å²) >= 11 is 0. The third-order valence-electron chi connectivity index (χ3n) is 4.04. The first-order valence-corrected chi connectivity index (χ1v) is 11.2. The van der Waals surface area contributed by atoms with Gasteiger partial charge in [0.15, 0.2) is 5.92 Å². The lowest BCUT2D eigenvalue weighted by Crippen LogP contribution is -2.27. The molecule has 0 aromatic rings. The van der Waals surface area contributed by atoms with Crippen molar-refractivity contribution in [1.82, 2.24) is 4.90 Å². The van der Waals surface area contributed by atoms with Crippen molar-refractivity contribution < 1.29 is 0 Å². The Balaban J connectivity index is -0.0000000880. The number of allylic oxidation sites excluding steroid dienone is 3. The van der Waals surface area contributed by atoms with Gasteiger partial charge in [-0.2, -0.15) is 20.2 Å². The van der Waals surface area contributed by atoms with Crippen molar-refractivity contribution in [3.63, 3.8) is 0 Å². The van der Waals surface area contributed by atoms with Crippen molar-refractivity contribution >= 4 is 0 Å². The van der Waals surface area contributed by atoms with E-state index in [1.54, 1.807) is 12.1 Å². The molecular weight excluding hydrogens is 406 g/mol. The van der Waals surface area contributed by atoms with E-state index in [9.17, 15) is 0 Å². The second kappa shape index (κ2) is 39.8. The fraction of sp³-hybridized carbons (Fsp3) is 0.714. The van der Waals surface area contributed by atoms with Crippen LogP contribution >= 0.6 is 0 Å². The number of unbranched alkanes of at least 4 members (excludes halogenated alkanes) is 4. The van der Waals surface area contributed by atoms with Crippen LogP contribution in [0.3, 0.4) is 0 Å². The molecule has 0 aromatic carbocycles. The molecule has 5 nitrogen and oxygen atoms in total. The first kappa shape index (κ1) is 44.1. The summed E-state index contributed by atoms with van der Waals surface area (Å²) in [6.45, 7) is 28.2. The van der Waals surface area contributed by atoms with Gasteiger partial charge in [-0.05, 0) is 38.9 Å². The van der Waals surface area contributed by atoms with E-state index in [2.05, 4.69) is 49.2 Å². The molecule has 0 aliphatic rings. The smallest absolute Gasteiger partial charge is 0.303 e. The summed E-state index contributed by atoms with van der Waals surface area (Å²) in [5.41, 5.74) is 0. The van der Waals surface area contributed by atoms with E-state index in [1.165, 1.54) is 89.2 Å².